The lowest BCUT2D eigenvalue weighted by Crippen LogP contribution is -2.39. The number of hydrogen-bond donors (Lipinski definition) is 0. The zero-order chi connectivity index (χ0) is 28.3. The minimum Gasteiger partial charge on any atom is -0.444 e. The third-order valence-corrected chi connectivity index (χ3v) is 9.24. The average molecular weight is 574 g/mol. The van der Waals surface area contributed by atoms with Gasteiger partial charge in [0.2, 0.25) is 0 Å². The predicted molar refractivity (Wildman–Crippen MR) is 158 cm³/mol. The molecule has 3 aromatic heterocycles. The number of hydrogen-bond acceptors (Lipinski definition) is 9. The molecule has 1 saturated carbocycles. The van der Waals surface area contributed by atoms with Gasteiger partial charge in [-0.2, -0.15) is 5.10 Å². The molecule has 3 unspecified atom stereocenters. The molecule has 4 aromatic rings. The first-order valence-electron chi connectivity index (χ1n) is 14.3. The fourth-order valence-electron chi connectivity index (χ4n) is 6.31. The summed E-state index contributed by atoms with van der Waals surface area (Å²) in [5, 5.41) is 13.8. The second-order valence-electron chi connectivity index (χ2n) is 12.3. The van der Waals surface area contributed by atoms with Crippen LogP contribution in [0.25, 0.3) is 32.6 Å². The van der Waals surface area contributed by atoms with Crippen molar-refractivity contribution in [1.82, 2.24) is 29.9 Å². The number of fused-ring (bicyclic) bond motifs is 2. The molecule has 7 rings (SSSR count). The van der Waals surface area contributed by atoms with Gasteiger partial charge in [0, 0.05) is 67.5 Å². The zero-order valence-electron chi connectivity index (χ0n) is 23.9. The number of carbonyl (C=O) groups excluding carboxylic acids is 1. The van der Waals surface area contributed by atoms with Crippen molar-refractivity contribution in [3.63, 3.8) is 0 Å². The highest BCUT2D eigenvalue weighted by Crippen LogP contribution is 2.49. The summed E-state index contributed by atoms with van der Waals surface area (Å²) in [6.45, 7) is 7.94. The Hall–Kier alpha value is -3.57. The Morgan fingerprint density at radius 1 is 1.10 bits per heavy atom. The number of piperidine rings is 1. The van der Waals surface area contributed by atoms with E-state index < -0.39 is 5.60 Å². The van der Waals surface area contributed by atoms with Gasteiger partial charge in [-0.3, -0.25) is 0 Å². The summed E-state index contributed by atoms with van der Waals surface area (Å²) in [6.07, 6.45) is 7.01. The summed E-state index contributed by atoms with van der Waals surface area (Å²) in [4.78, 5) is 21.2. The predicted octanol–water partition coefficient (Wildman–Crippen LogP) is 5.62. The van der Waals surface area contributed by atoms with E-state index in [1.54, 1.807) is 11.3 Å². The molecule has 11 heteroatoms. The van der Waals surface area contributed by atoms with E-state index in [1.807, 2.05) is 54.2 Å². The number of aromatic nitrogens is 5. The van der Waals surface area contributed by atoms with Crippen LogP contribution in [0.2, 0.25) is 0 Å². The second kappa shape index (κ2) is 10.1. The molecule has 10 nitrogen and oxygen atoms in total. The molecule has 3 atom stereocenters. The van der Waals surface area contributed by atoms with Crippen LogP contribution < -0.4 is 4.90 Å². The first-order chi connectivity index (χ1) is 19.8. The number of carbonyl (C=O) groups is 1. The zero-order valence-corrected chi connectivity index (χ0v) is 24.7. The van der Waals surface area contributed by atoms with Gasteiger partial charge in [0.05, 0.1) is 27.6 Å². The molecule has 41 heavy (non-hydrogen) atoms. The molecule has 1 aromatic carbocycles. The Labute approximate surface area is 243 Å². The third kappa shape index (κ3) is 4.95. The van der Waals surface area contributed by atoms with Gasteiger partial charge < -0.3 is 19.3 Å². The molecule has 3 fully saturated rings. The highest BCUT2D eigenvalue weighted by atomic mass is 32.1. The topological polar surface area (TPSA) is 98.5 Å². The van der Waals surface area contributed by atoms with Crippen molar-refractivity contribution >= 4 is 33.5 Å². The Balaban J connectivity index is 1.05. The van der Waals surface area contributed by atoms with E-state index in [9.17, 15) is 4.79 Å². The van der Waals surface area contributed by atoms with Gasteiger partial charge in [0.15, 0.2) is 5.82 Å². The first kappa shape index (κ1) is 26.3. The number of rotatable bonds is 5. The summed E-state index contributed by atoms with van der Waals surface area (Å²) in [6, 6.07) is 8.65. The van der Waals surface area contributed by atoms with E-state index in [2.05, 4.69) is 45.6 Å². The molecule has 214 valence electrons. The van der Waals surface area contributed by atoms with Crippen molar-refractivity contribution in [2.45, 2.75) is 57.9 Å². The number of thiazole rings is 1. The molecule has 0 radical (unpaired) electrons. The lowest BCUT2D eigenvalue weighted by molar-refractivity contribution is -0.0394. The number of ether oxygens (including phenoxy) is 2. The molecule has 2 saturated heterocycles. The lowest BCUT2D eigenvalue weighted by atomic mass is 10.0. The minimum atomic E-state index is -0.477. The number of anilines is 1. The normalized spacial score (nSPS) is 24.0. The Morgan fingerprint density at radius 3 is 2.61 bits per heavy atom. The monoisotopic (exact) mass is 573 g/mol. The highest BCUT2D eigenvalue weighted by Gasteiger charge is 2.59. The van der Waals surface area contributed by atoms with Crippen LogP contribution >= 0.6 is 11.3 Å². The number of nitrogens with zero attached hydrogens (tertiary/aromatic N) is 7. The number of benzene rings is 1. The fraction of sp³-hybridized carbons (Fsp3) is 0.500. The molecule has 0 bridgehead atoms. The number of amides is 1. The lowest BCUT2D eigenvalue weighted by Gasteiger charge is -2.27. The maximum absolute atomic E-state index is 12.4. The van der Waals surface area contributed by atoms with E-state index in [0.29, 0.717) is 17.9 Å². The van der Waals surface area contributed by atoms with Gasteiger partial charge in [0.25, 0.3) is 0 Å². The maximum atomic E-state index is 12.4. The van der Waals surface area contributed by atoms with Gasteiger partial charge in [-0.25, -0.2) is 14.5 Å². The maximum Gasteiger partial charge on any atom is 0.410 e. The van der Waals surface area contributed by atoms with Crippen LogP contribution in [0.3, 0.4) is 0 Å². The molecular formula is C30H35N7O3S. The minimum absolute atomic E-state index is 0.00809. The Kier molecular flexibility index (Phi) is 6.46. The quantitative estimate of drug-likeness (QED) is 0.304. The van der Waals surface area contributed by atoms with Gasteiger partial charge in [-0.05, 0) is 52.2 Å². The molecule has 0 spiro atoms. The fourth-order valence-corrected chi connectivity index (χ4v) is 7.14. The summed E-state index contributed by atoms with van der Waals surface area (Å²) in [5.41, 5.74) is 6.28. The van der Waals surface area contributed by atoms with E-state index in [0.717, 1.165) is 77.4 Å². The van der Waals surface area contributed by atoms with E-state index in [1.165, 1.54) is 0 Å². The third-order valence-electron chi connectivity index (χ3n) is 8.38. The van der Waals surface area contributed by atoms with E-state index >= 15 is 0 Å². The summed E-state index contributed by atoms with van der Waals surface area (Å²) in [7, 11) is 2.07. The van der Waals surface area contributed by atoms with Crippen LogP contribution in [-0.2, 0) is 9.47 Å². The molecule has 1 aliphatic carbocycles. The van der Waals surface area contributed by atoms with Crippen molar-refractivity contribution in [3.05, 3.63) is 42.2 Å². The van der Waals surface area contributed by atoms with E-state index in [-0.39, 0.29) is 12.3 Å². The molecule has 2 aliphatic heterocycles. The molecule has 3 aliphatic rings. The Bertz CT molecular complexity index is 1560. The molecule has 1 amide bonds. The summed E-state index contributed by atoms with van der Waals surface area (Å²) < 4.78 is 14.5. The van der Waals surface area contributed by atoms with Gasteiger partial charge in [-0.15, -0.1) is 21.5 Å². The van der Waals surface area contributed by atoms with Crippen LogP contribution in [-0.4, -0.2) is 74.3 Å². The number of likely N-dealkylation sites (tertiary alicyclic amines) is 1. The largest absolute Gasteiger partial charge is 0.444 e. The van der Waals surface area contributed by atoms with Crippen molar-refractivity contribution in [3.8, 4) is 22.4 Å². The second-order valence-corrected chi connectivity index (χ2v) is 13.2. The molecule has 5 heterocycles. The van der Waals surface area contributed by atoms with Crippen LogP contribution in [0.1, 0.15) is 46.3 Å². The average Bonchev–Trinajstić information content (AvgIpc) is 3.46. The van der Waals surface area contributed by atoms with Crippen LogP contribution in [0.4, 0.5) is 10.6 Å². The van der Waals surface area contributed by atoms with Gasteiger partial charge in [0.1, 0.15) is 11.8 Å². The van der Waals surface area contributed by atoms with Crippen molar-refractivity contribution in [2.75, 3.05) is 31.6 Å². The van der Waals surface area contributed by atoms with Crippen molar-refractivity contribution < 1.29 is 14.3 Å². The van der Waals surface area contributed by atoms with Crippen molar-refractivity contribution in [1.29, 1.82) is 0 Å². The molecule has 0 N–H and O–H groups in total. The van der Waals surface area contributed by atoms with Gasteiger partial charge in [-0.1, -0.05) is 12.1 Å². The SMILES string of the molecule is CN(c1ccc(-c2ccc(-c3cnn(C4CCCCO4)c3)c3ncsc23)nn1)C1C2CN(C(=O)OC(C)(C)C)CC21. The summed E-state index contributed by atoms with van der Waals surface area (Å²) >= 11 is 1.61. The van der Waals surface area contributed by atoms with Crippen molar-refractivity contribution in [2.24, 2.45) is 11.8 Å². The van der Waals surface area contributed by atoms with Crippen LogP contribution in [0.15, 0.2) is 42.2 Å². The standard InChI is InChI=1S/C30H35N7O3S/c1-30(2,3)40-29(38)36-15-21-22(16-36)27(21)35(4)24-11-10-23(33-34-24)20-9-8-19(26-28(20)41-17-31-26)18-13-32-37(14-18)25-7-5-6-12-39-25/h8-11,13-14,17,21-22,25,27H,5-7,12,15-16H2,1-4H3. The van der Waals surface area contributed by atoms with E-state index in [4.69, 9.17) is 14.5 Å². The van der Waals surface area contributed by atoms with Crippen LogP contribution in [0.5, 0.6) is 0 Å². The molecular weight excluding hydrogens is 538 g/mol. The first-order valence-corrected chi connectivity index (χ1v) is 15.2. The summed E-state index contributed by atoms with van der Waals surface area (Å²) in [5.74, 6) is 1.71. The van der Waals surface area contributed by atoms with Crippen LogP contribution in [0, 0.1) is 11.8 Å². The van der Waals surface area contributed by atoms with Gasteiger partial charge >= 0.3 is 6.09 Å². The highest BCUT2D eigenvalue weighted by molar-refractivity contribution is 7.17. The smallest absolute Gasteiger partial charge is 0.410 e. The Morgan fingerprint density at radius 2 is 1.90 bits per heavy atom.